The standard InChI is InChI=1S/C17H17NO/c1-18-15(12-14-5-3-4-6-17(14)18)11-13-7-9-16(19-2)10-8-13/h3-10,12H,11H2,1-2H3. The van der Waals surface area contributed by atoms with E-state index in [-0.39, 0.29) is 0 Å². The van der Waals surface area contributed by atoms with Crippen molar-refractivity contribution in [2.24, 2.45) is 7.05 Å². The molecule has 0 unspecified atom stereocenters. The van der Waals surface area contributed by atoms with Gasteiger partial charge in [-0.15, -0.1) is 0 Å². The van der Waals surface area contributed by atoms with Crippen molar-refractivity contribution in [2.45, 2.75) is 6.42 Å². The molecular formula is C17H17NO. The molecule has 0 fully saturated rings. The Balaban J connectivity index is 1.94. The molecule has 1 heterocycles. The fourth-order valence-corrected chi connectivity index (χ4v) is 2.47. The second kappa shape index (κ2) is 4.81. The number of hydrogen-bond acceptors (Lipinski definition) is 1. The van der Waals surface area contributed by atoms with Crippen LogP contribution in [0, 0.1) is 0 Å². The van der Waals surface area contributed by atoms with Gasteiger partial charge >= 0.3 is 0 Å². The first-order chi connectivity index (χ1) is 9.28. The molecule has 0 aliphatic rings. The third-order valence-electron chi connectivity index (χ3n) is 3.60. The highest BCUT2D eigenvalue weighted by atomic mass is 16.5. The highest BCUT2D eigenvalue weighted by molar-refractivity contribution is 5.81. The van der Waals surface area contributed by atoms with E-state index in [0.29, 0.717) is 0 Å². The number of rotatable bonds is 3. The number of fused-ring (bicyclic) bond motifs is 1. The van der Waals surface area contributed by atoms with Crippen LogP contribution < -0.4 is 4.74 Å². The number of aryl methyl sites for hydroxylation is 1. The van der Waals surface area contributed by atoms with Gasteiger partial charge in [-0.25, -0.2) is 0 Å². The van der Waals surface area contributed by atoms with Crippen molar-refractivity contribution in [3.05, 3.63) is 65.9 Å². The van der Waals surface area contributed by atoms with Gasteiger partial charge in [0, 0.05) is 24.7 Å². The molecule has 2 heteroatoms. The van der Waals surface area contributed by atoms with Crippen molar-refractivity contribution in [2.75, 3.05) is 7.11 Å². The van der Waals surface area contributed by atoms with E-state index in [0.717, 1.165) is 12.2 Å². The molecule has 2 aromatic carbocycles. The first-order valence-electron chi connectivity index (χ1n) is 6.44. The summed E-state index contributed by atoms with van der Waals surface area (Å²) in [5.41, 5.74) is 3.91. The van der Waals surface area contributed by atoms with Gasteiger partial charge in [-0.1, -0.05) is 30.3 Å². The second-order valence-electron chi connectivity index (χ2n) is 4.78. The molecule has 0 saturated carbocycles. The van der Waals surface area contributed by atoms with Gasteiger partial charge < -0.3 is 9.30 Å². The van der Waals surface area contributed by atoms with Crippen LogP contribution in [-0.2, 0) is 13.5 Å². The molecule has 3 aromatic rings. The van der Waals surface area contributed by atoms with E-state index in [1.54, 1.807) is 7.11 Å². The predicted molar refractivity (Wildman–Crippen MR) is 78.7 cm³/mol. The van der Waals surface area contributed by atoms with Crippen molar-refractivity contribution >= 4 is 10.9 Å². The number of para-hydroxylation sites is 1. The lowest BCUT2D eigenvalue weighted by Gasteiger charge is -2.05. The summed E-state index contributed by atoms with van der Waals surface area (Å²) in [6.07, 6.45) is 0.940. The molecule has 0 radical (unpaired) electrons. The van der Waals surface area contributed by atoms with Crippen molar-refractivity contribution in [3.63, 3.8) is 0 Å². The van der Waals surface area contributed by atoms with Crippen LogP contribution in [0.25, 0.3) is 10.9 Å². The number of benzene rings is 2. The molecule has 0 atom stereocenters. The molecule has 0 saturated heterocycles. The summed E-state index contributed by atoms with van der Waals surface area (Å²) in [7, 11) is 3.82. The van der Waals surface area contributed by atoms with Crippen molar-refractivity contribution in [1.29, 1.82) is 0 Å². The lowest BCUT2D eigenvalue weighted by molar-refractivity contribution is 0.414. The maximum absolute atomic E-state index is 5.19. The van der Waals surface area contributed by atoms with Crippen LogP contribution in [0.3, 0.4) is 0 Å². The third kappa shape index (κ3) is 2.22. The maximum atomic E-state index is 5.19. The van der Waals surface area contributed by atoms with Crippen LogP contribution in [-0.4, -0.2) is 11.7 Å². The molecule has 0 amide bonds. The largest absolute Gasteiger partial charge is 0.497 e. The molecule has 0 spiro atoms. The smallest absolute Gasteiger partial charge is 0.118 e. The number of nitrogens with zero attached hydrogens (tertiary/aromatic N) is 1. The molecule has 96 valence electrons. The summed E-state index contributed by atoms with van der Waals surface area (Å²) in [6, 6.07) is 19.0. The van der Waals surface area contributed by atoms with Gasteiger partial charge in [-0.3, -0.25) is 0 Å². The Bertz CT molecular complexity index is 695. The predicted octanol–water partition coefficient (Wildman–Crippen LogP) is 3.78. The van der Waals surface area contributed by atoms with Gasteiger partial charge in [0.2, 0.25) is 0 Å². The summed E-state index contributed by atoms with van der Waals surface area (Å²) in [5, 5.41) is 1.30. The van der Waals surface area contributed by atoms with Crippen molar-refractivity contribution < 1.29 is 4.74 Å². The zero-order valence-electron chi connectivity index (χ0n) is 11.3. The van der Waals surface area contributed by atoms with Gasteiger partial charge in [0.25, 0.3) is 0 Å². The van der Waals surface area contributed by atoms with Crippen molar-refractivity contribution in [1.82, 2.24) is 4.57 Å². The monoisotopic (exact) mass is 251 g/mol. The normalized spacial score (nSPS) is 10.8. The molecule has 0 aliphatic carbocycles. The number of methoxy groups -OCH3 is 1. The first-order valence-corrected chi connectivity index (χ1v) is 6.44. The molecule has 0 aliphatic heterocycles. The molecule has 3 rings (SSSR count). The SMILES string of the molecule is COc1ccc(Cc2cc3ccccc3n2C)cc1. The number of hydrogen-bond donors (Lipinski definition) is 0. The number of aromatic nitrogens is 1. The fraction of sp³-hybridized carbons (Fsp3) is 0.176. The first kappa shape index (κ1) is 11.8. The third-order valence-corrected chi connectivity index (χ3v) is 3.60. The molecular weight excluding hydrogens is 234 g/mol. The van der Waals surface area contributed by atoms with E-state index < -0.39 is 0 Å². The topological polar surface area (TPSA) is 14.2 Å². The minimum absolute atomic E-state index is 0.904. The Hall–Kier alpha value is -2.22. The molecule has 19 heavy (non-hydrogen) atoms. The maximum Gasteiger partial charge on any atom is 0.118 e. The molecule has 0 N–H and O–H groups in total. The summed E-state index contributed by atoms with van der Waals surface area (Å²) in [6.45, 7) is 0. The van der Waals surface area contributed by atoms with E-state index in [2.05, 4.69) is 54.1 Å². The van der Waals surface area contributed by atoms with E-state index in [1.165, 1.54) is 22.2 Å². The Labute approximate surface area is 113 Å². The van der Waals surface area contributed by atoms with E-state index in [4.69, 9.17) is 4.74 Å². The van der Waals surface area contributed by atoms with Gasteiger partial charge in [0.05, 0.1) is 7.11 Å². The van der Waals surface area contributed by atoms with Crippen LogP contribution in [0.5, 0.6) is 5.75 Å². The minimum Gasteiger partial charge on any atom is -0.497 e. The van der Waals surface area contributed by atoms with Crippen LogP contribution in [0.4, 0.5) is 0 Å². The van der Waals surface area contributed by atoms with Crippen LogP contribution in [0.15, 0.2) is 54.6 Å². The highest BCUT2D eigenvalue weighted by Crippen LogP contribution is 2.21. The lowest BCUT2D eigenvalue weighted by Crippen LogP contribution is -1.97. The van der Waals surface area contributed by atoms with Gasteiger partial charge in [-0.05, 0) is 35.2 Å². The Kier molecular flexibility index (Phi) is 3.00. The van der Waals surface area contributed by atoms with E-state index >= 15 is 0 Å². The molecule has 2 nitrogen and oxygen atoms in total. The Morgan fingerprint density at radius 3 is 2.42 bits per heavy atom. The Morgan fingerprint density at radius 1 is 1.00 bits per heavy atom. The lowest BCUT2D eigenvalue weighted by atomic mass is 10.1. The van der Waals surface area contributed by atoms with Crippen LogP contribution in [0.2, 0.25) is 0 Å². The average molecular weight is 251 g/mol. The van der Waals surface area contributed by atoms with E-state index in [1.807, 2.05) is 12.1 Å². The zero-order valence-corrected chi connectivity index (χ0v) is 11.3. The minimum atomic E-state index is 0.904. The summed E-state index contributed by atoms with van der Waals surface area (Å²) >= 11 is 0. The zero-order chi connectivity index (χ0) is 13.2. The van der Waals surface area contributed by atoms with Gasteiger partial charge in [0.15, 0.2) is 0 Å². The van der Waals surface area contributed by atoms with Gasteiger partial charge in [-0.2, -0.15) is 0 Å². The van der Waals surface area contributed by atoms with Crippen LogP contribution >= 0.6 is 0 Å². The number of ether oxygens (including phenoxy) is 1. The summed E-state index contributed by atoms with van der Waals surface area (Å²) in [5.74, 6) is 0.904. The van der Waals surface area contributed by atoms with Crippen LogP contribution in [0.1, 0.15) is 11.3 Å². The quantitative estimate of drug-likeness (QED) is 0.691. The average Bonchev–Trinajstić information content (AvgIpc) is 2.77. The summed E-state index contributed by atoms with van der Waals surface area (Å²) in [4.78, 5) is 0. The second-order valence-corrected chi connectivity index (χ2v) is 4.78. The van der Waals surface area contributed by atoms with Gasteiger partial charge in [0.1, 0.15) is 5.75 Å². The summed E-state index contributed by atoms with van der Waals surface area (Å²) < 4.78 is 7.45. The highest BCUT2D eigenvalue weighted by Gasteiger charge is 2.05. The fourth-order valence-electron chi connectivity index (χ4n) is 2.47. The Morgan fingerprint density at radius 2 is 1.74 bits per heavy atom. The molecule has 0 bridgehead atoms. The molecule has 1 aromatic heterocycles. The van der Waals surface area contributed by atoms with Crippen molar-refractivity contribution in [3.8, 4) is 5.75 Å². The van der Waals surface area contributed by atoms with E-state index in [9.17, 15) is 0 Å².